The van der Waals surface area contributed by atoms with Crippen molar-refractivity contribution < 1.29 is 0 Å². The molecule has 0 aromatic carbocycles. The third-order valence-electron chi connectivity index (χ3n) is 1.74. The fourth-order valence-electron chi connectivity index (χ4n) is 1.15. The first-order valence-corrected chi connectivity index (χ1v) is 4.47. The molecule has 0 amide bonds. The third kappa shape index (κ3) is 1.70. The SMILES string of the molecule is Cc1c(Cl)nnc(Cl)c1C(C)C. The Balaban J connectivity index is 3.33. The molecule has 1 aromatic heterocycles. The quantitative estimate of drug-likeness (QED) is 0.703. The fourth-order valence-corrected chi connectivity index (χ4v) is 1.69. The molecule has 12 heavy (non-hydrogen) atoms. The van der Waals surface area contributed by atoms with E-state index >= 15 is 0 Å². The Labute approximate surface area is 81.9 Å². The summed E-state index contributed by atoms with van der Waals surface area (Å²) >= 11 is 11.7. The summed E-state index contributed by atoms with van der Waals surface area (Å²) in [7, 11) is 0. The summed E-state index contributed by atoms with van der Waals surface area (Å²) in [6.45, 7) is 6.00. The smallest absolute Gasteiger partial charge is 0.137 e. The molecule has 2 nitrogen and oxygen atoms in total. The van der Waals surface area contributed by atoms with Gasteiger partial charge in [-0.1, -0.05) is 37.0 Å². The van der Waals surface area contributed by atoms with Gasteiger partial charge in [-0.3, -0.25) is 0 Å². The summed E-state index contributed by atoms with van der Waals surface area (Å²) in [5.74, 6) is 0.325. The van der Waals surface area contributed by atoms with Crippen molar-refractivity contribution in [3.63, 3.8) is 0 Å². The molecule has 0 radical (unpaired) electrons. The standard InChI is InChI=1S/C8H10Cl2N2/c1-4(2)6-5(3)7(9)11-12-8(6)10/h4H,1-3H3. The molecule has 0 unspecified atom stereocenters. The molecule has 1 heterocycles. The van der Waals surface area contributed by atoms with E-state index in [1.165, 1.54) is 0 Å². The minimum absolute atomic E-state index is 0.325. The van der Waals surface area contributed by atoms with Gasteiger partial charge in [-0.2, -0.15) is 0 Å². The molecule has 0 bridgehead atoms. The summed E-state index contributed by atoms with van der Waals surface area (Å²) in [5, 5.41) is 8.33. The fraction of sp³-hybridized carbons (Fsp3) is 0.500. The molecular weight excluding hydrogens is 195 g/mol. The highest BCUT2D eigenvalue weighted by molar-refractivity contribution is 6.32. The number of aromatic nitrogens is 2. The summed E-state index contributed by atoms with van der Waals surface area (Å²) in [5.41, 5.74) is 1.91. The second kappa shape index (κ2) is 3.58. The normalized spacial score (nSPS) is 10.8. The van der Waals surface area contributed by atoms with Crippen LogP contribution in [0, 0.1) is 6.92 Å². The molecule has 1 rings (SSSR count). The van der Waals surface area contributed by atoms with Gasteiger partial charge in [-0.25, -0.2) is 0 Å². The van der Waals surface area contributed by atoms with Crippen molar-refractivity contribution in [1.29, 1.82) is 0 Å². The topological polar surface area (TPSA) is 25.8 Å². The van der Waals surface area contributed by atoms with Gasteiger partial charge in [0.25, 0.3) is 0 Å². The van der Waals surface area contributed by atoms with Crippen LogP contribution >= 0.6 is 23.2 Å². The zero-order valence-corrected chi connectivity index (χ0v) is 8.74. The van der Waals surface area contributed by atoms with Crippen LogP contribution in [-0.2, 0) is 0 Å². The molecule has 0 aliphatic heterocycles. The van der Waals surface area contributed by atoms with Gasteiger partial charge < -0.3 is 0 Å². The van der Waals surface area contributed by atoms with Crippen molar-refractivity contribution in [2.24, 2.45) is 0 Å². The summed E-state index contributed by atoms with van der Waals surface area (Å²) < 4.78 is 0. The average molecular weight is 205 g/mol. The largest absolute Gasteiger partial charge is 0.155 e. The first kappa shape index (κ1) is 9.75. The predicted molar refractivity (Wildman–Crippen MR) is 50.9 cm³/mol. The van der Waals surface area contributed by atoms with Crippen LogP contribution in [0.4, 0.5) is 0 Å². The molecule has 0 N–H and O–H groups in total. The van der Waals surface area contributed by atoms with Crippen LogP contribution < -0.4 is 0 Å². The Bertz CT molecular complexity index is 297. The first-order valence-electron chi connectivity index (χ1n) is 3.72. The Morgan fingerprint density at radius 2 is 1.58 bits per heavy atom. The lowest BCUT2D eigenvalue weighted by molar-refractivity contribution is 0.829. The lowest BCUT2D eigenvalue weighted by Gasteiger charge is -2.10. The van der Waals surface area contributed by atoms with Crippen molar-refractivity contribution in [2.45, 2.75) is 26.7 Å². The highest BCUT2D eigenvalue weighted by Crippen LogP contribution is 2.28. The van der Waals surface area contributed by atoms with Crippen molar-refractivity contribution in [3.05, 3.63) is 21.4 Å². The maximum atomic E-state index is 5.86. The maximum absolute atomic E-state index is 5.86. The second-order valence-electron chi connectivity index (χ2n) is 2.97. The van der Waals surface area contributed by atoms with Gasteiger partial charge in [0.1, 0.15) is 0 Å². The Morgan fingerprint density at radius 3 is 2.00 bits per heavy atom. The van der Waals surface area contributed by atoms with Crippen molar-refractivity contribution >= 4 is 23.2 Å². The van der Waals surface area contributed by atoms with Gasteiger partial charge in [0.05, 0.1) is 0 Å². The van der Waals surface area contributed by atoms with E-state index in [0.717, 1.165) is 11.1 Å². The number of halogens is 2. The number of rotatable bonds is 1. The van der Waals surface area contributed by atoms with Gasteiger partial charge in [0, 0.05) is 0 Å². The van der Waals surface area contributed by atoms with Gasteiger partial charge in [-0.05, 0) is 24.0 Å². The van der Waals surface area contributed by atoms with Crippen LogP contribution in [-0.4, -0.2) is 10.2 Å². The Kier molecular flexibility index (Phi) is 2.91. The van der Waals surface area contributed by atoms with Crippen molar-refractivity contribution in [1.82, 2.24) is 10.2 Å². The van der Waals surface area contributed by atoms with E-state index in [1.54, 1.807) is 0 Å². The van der Waals surface area contributed by atoms with Crippen LogP contribution in [0.3, 0.4) is 0 Å². The molecule has 4 heteroatoms. The molecule has 0 saturated carbocycles. The summed E-state index contributed by atoms with van der Waals surface area (Å²) in [4.78, 5) is 0. The van der Waals surface area contributed by atoms with Crippen molar-refractivity contribution in [3.8, 4) is 0 Å². The molecule has 1 aromatic rings. The molecule has 0 fully saturated rings. The number of hydrogen-bond acceptors (Lipinski definition) is 2. The van der Waals surface area contributed by atoms with E-state index in [2.05, 4.69) is 10.2 Å². The number of hydrogen-bond donors (Lipinski definition) is 0. The summed E-state index contributed by atoms with van der Waals surface area (Å²) in [6.07, 6.45) is 0. The zero-order valence-electron chi connectivity index (χ0n) is 7.23. The van der Waals surface area contributed by atoms with Crippen molar-refractivity contribution in [2.75, 3.05) is 0 Å². The minimum atomic E-state index is 0.325. The molecule has 0 atom stereocenters. The van der Waals surface area contributed by atoms with Gasteiger partial charge in [0.15, 0.2) is 10.3 Å². The third-order valence-corrected chi connectivity index (χ3v) is 2.38. The van der Waals surface area contributed by atoms with Crippen LogP contribution in [0.25, 0.3) is 0 Å². The Morgan fingerprint density at radius 1 is 1.08 bits per heavy atom. The lowest BCUT2D eigenvalue weighted by atomic mass is 10.0. The molecule has 0 aliphatic carbocycles. The predicted octanol–water partition coefficient (Wildman–Crippen LogP) is 3.22. The van der Waals surface area contributed by atoms with Crippen LogP contribution in [0.1, 0.15) is 30.9 Å². The van der Waals surface area contributed by atoms with Crippen LogP contribution in [0.2, 0.25) is 10.3 Å². The lowest BCUT2D eigenvalue weighted by Crippen LogP contribution is -1.99. The Hall–Kier alpha value is -0.340. The maximum Gasteiger partial charge on any atom is 0.155 e. The van der Waals surface area contributed by atoms with E-state index in [1.807, 2.05) is 20.8 Å². The molecule has 66 valence electrons. The van der Waals surface area contributed by atoms with E-state index in [9.17, 15) is 0 Å². The summed E-state index contributed by atoms with van der Waals surface area (Å²) in [6, 6.07) is 0. The van der Waals surface area contributed by atoms with Gasteiger partial charge in [0.2, 0.25) is 0 Å². The van der Waals surface area contributed by atoms with Gasteiger partial charge in [-0.15, -0.1) is 10.2 Å². The first-order chi connectivity index (χ1) is 5.54. The molecule has 0 spiro atoms. The second-order valence-corrected chi connectivity index (χ2v) is 3.69. The van der Waals surface area contributed by atoms with Gasteiger partial charge >= 0.3 is 0 Å². The van der Waals surface area contributed by atoms with Crippen LogP contribution in [0.15, 0.2) is 0 Å². The highest BCUT2D eigenvalue weighted by atomic mass is 35.5. The minimum Gasteiger partial charge on any atom is -0.137 e. The highest BCUT2D eigenvalue weighted by Gasteiger charge is 2.12. The zero-order chi connectivity index (χ0) is 9.30. The van der Waals surface area contributed by atoms with E-state index < -0.39 is 0 Å². The molecular formula is C8H10Cl2N2. The average Bonchev–Trinajstić information content (AvgIpc) is 1.97. The molecule has 0 saturated heterocycles. The van der Waals surface area contributed by atoms with E-state index in [-0.39, 0.29) is 0 Å². The van der Waals surface area contributed by atoms with E-state index in [0.29, 0.717) is 16.2 Å². The van der Waals surface area contributed by atoms with E-state index in [4.69, 9.17) is 23.2 Å². The molecule has 0 aliphatic rings. The van der Waals surface area contributed by atoms with Crippen LogP contribution in [0.5, 0.6) is 0 Å². The monoisotopic (exact) mass is 204 g/mol. The number of nitrogens with zero attached hydrogens (tertiary/aromatic N) is 2.